The van der Waals surface area contributed by atoms with E-state index >= 15 is 0 Å². The normalized spacial score (nSPS) is 11.9. The van der Waals surface area contributed by atoms with Gasteiger partial charge in [0.1, 0.15) is 0 Å². The number of hydrogen-bond donors (Lipinski definition) is 3. The summed E-state index contributed by atoms with van der Waals surface area (Å²) in [6.07, 6.45) is 4.56. The molecule has 0 aliphatic carbocycles. The zero-order valence-corrected chi connectivity index (χ0v) is 17.7. The summed E-state index contributed by atoms with van der Waals surface area (Å²) in [5, 5.41) is 7.53. The Morgan fingerprint density at radius 3 is 2.65 bits per heavy atom. The Kier molecular flexibility index (Phi) is 11.7. The Morgan fingerprint density at radius 1 is 1.35 bits per heavy atom. The molecule has 0 bridgehead atoms. The molecule has 0 aliphatic rings. The highest BCUT2D eigenvalue weighted by molar-refractivity contribution is 14.0. The fraction of sp³-hybridized carbons (Fsp3) is 0.692. The molecule has 0 fully saturated rings. The first kappa shape index (κ1) is 22.5. The van der Waals surface area contributed by atoms with Gasteiger partial charge < -0.3 is 10.6 Å². The van der Waals surface area contributed by atoms with Gasteiger partial charge in [-0.1, -0.05) is 0 Å². The molecule has 0 radical (unpaired) electrons. The number of aliphatic imine (C=N–C) groups is 1. The minimum Gasteiger partial charge on any atom is -0.357 e. The molecule has 0 spiro atoms. The van der Waals surface area contributed by atoms with Crippen molar-refractivity contribution in [3.63, 3.8) is 0 Å². The SMILES string of the molecule is CCNC(=NCCCNS(C)(=O)=O)NCCc1ncc(C)s1.I. The van der Waals surface area contributed by atoms with Crippen LogP contribution in [-0.4, -0.2) is 51.8 Å². The van der Waals surface area contributed by atoms with Crippen molar-refractivity contribution in [3.05, 3.63) is 16.1 Å². The molecule has 0 aliphatic heterocycles. The van der Waals surface area contributed by atoms with Gasteiger partial charge in [-0.15, -0.1) is 35.3 Å². The number of halogens is 1. The number of aromatic nitrogens is 1. The number of nitrogens with one attached hydrogen (secondary N) is 3. The summed E-state index contributed by atoms with van der Waals surface area (Å²) in [5.74, 6) is 0.745. The van der Waals surface area contributed by atoms with Gasteiger partial charge in [-0.3, -0.25) is 4.99 Å². The Morgan fingerprint density at radius 2 is 2.09 bits per heavy atom. The molecule has 0 atom stereocenters. The monoisotopic (exact) mass is 475 g/mol. The molecule has 1 rings (SSSR count). The summed E-state index contributed by atoms with van der Waals surface area (Å²) in [7, 11) is -3.11. The van der Waals surface area contributed by atoms with Crippen LogP contribution in [0.3, 0.4) is 0 Å². The van der Waals surface area contributed by atoms with Crippen molar-refractivity contribution in [2.75, 3.05) is 32.4 Å². The third kappa shape index (κ3) is 11.7. The molecule has 0 saturated carbocycles. The zero-order valence-electron chi connectivity index (χ0n) is 13.8. The highest BCUT2D eigenvalue weighted by Crippen LogP contribution is 2.10. The van der Waals surface area contributed by atoms with Crippen LogP contribution in [0, 0.1) is 6.92 Å². The van der Waals surface area contributed by atoms with Crippen LogP contribution in [0.25, 0.3) is 0 Å². The van der Waals surface area contributed by atoms with Crippen molar-refractivity contribution in [1.29, 1.82) is 0 Å². The van der Waals surface area contributed by atoms with Gasteiger partial charge in [-0.05, 0) is 20.3 Å². The maximum atomic E-state index is 10.9. The lowest BCUT2D eigenvalue weighted by atomic mass is 10.4. The maximum absolute atomic E-state index is 10.9. The van der Waals surface area contributed by atoms with Gasteiger partial charge in [0.2, 0.25) is 10.0 Å². The van der Waals surface area contributed by atoms with Gasteiger partial charge in [0, 0.05) is 43.7 Å². The standard InChI is InChI=1S/C13H25N5O2S2.HI/c1-4-14-13(15-7-5-8-18-22(3,19)20)16-9-6-12-17-10-11(2)21-12;/h10,18H,4-9H2,1-3H3,(H2,14,15,16);1H. The smallest absolute Gasteiger partial charge is 0.208 e. The Bertz CT molecular complexity index is 575. The molecule has 10 heteroatoms. The van der Waals surface area contributed by atoms with E-state index in [0.717, 1.165) is 36.7 Å². The van der Waals surface area contributed by atoms with Gasteiger partial charge in [0.05, 0.1) is 11.3 Å². The van der Waals surface area contributed by atoms with Crippen molar-refractivity contribution >= 4 is 51.3 Å². The van der Waals surface area contributed by atoms with Crippen molar-refractivity contribution in [2.45, 2.75) is 26.7 Å². The molecule has 7 nitrogen and oxygen atoms in total. The number of sulfonamides is 1. The van der Waals surface area contributed by atoms with Gasteiger partial charge >= 0.3 is 0 Å². The molecule has 3 N–H and O–H groups in total. The minimum absolute atomic E-state index is 0. The minimum atomic E-state index is -3.11. The lowest BCUT2D eigenvalue weighted by Gasteiger charge is -2.10. The van der Waals surface area contributed by atoms with E-state index in [-0.39, 0.29) is 24.0 Å². The van der Waals surface area contributed by atoms with E-state index in [0.29, 0.717) is 19.5 Å². The van der Waals surface area contributed by atoms with Crippen LogP contribution in [0.15, 0.2) is 11.2 Å². The van der Waals surface area contributed by atoms with Crippen LogP contribution in [0.4, 0.5) is 0 Å². The van der Waals surface area contributed by atoms with Crippen molar-refractivity contribution < 1.29 is 8.42 Å². The van der Waals surface area contributed by atoms with Crippen LogP contribution in [0.1, 0.15) is 23.2 Å². The summed E-state index contributed by atoms with van der Waals surface area (Å²) in [5.41, 5.74) is 0. The maximum Gasteiger partial charge on any atom is 0.208 e. The molecule has 0 amide bonds. The largest absolute Gasteiger partial charge is 0.357 e. The van der Waals surface area contributed by atoms with E-state index < -0.39 is 10.0 Å². The first-order valence-electron chi connectivity index (χ1n) is 7.29. The quantitative estimate of drug-likeness (QED) is 0.215. The zero-order chi connectivity index (χ0) is 16.4. The van der Waals surface area contributed by atoms with E-state index in [1.54, 1.807) is 11.3 Å². The fourth-order valence-electron chi connectivity index (χ4n) is 1.67. The second kappa shape index (κ2) is 12.0. The van der Waals surface area contributed by atoms with Gasteiger partial charge in [-0.25, -0.2) is 18.1 Å². The topological polar surface area (TPSA) is 95.5 Å². The molecule has 1 aromatic heterocycles. The summed E-state index contributed by atoms with van der Waals surface area (Å²) in [6, 6.07) is 0. The van der Waals surface area contributed by atoms with Crippen LogP contribution in [0.2, 0.25) is 0 Å². The van der Waals surface area contributed by atoms with E-state index in [4.69, 9.17) is 0 Å². The Labute approximate surface area is 159 Å². The molecular weight excluding hydrogens is 449 g/mol. The third-order valence-corrected chi connectivity index (χ3v) is 4.31. The summed E-state index contributed by atoms with van der Waals surface area (Å²) >= 11 is 1.70. The predicted molar refractivity (Wildman–Crippen MR) is 107 cm³/mol. The van der Waals surface area contributed by atoms with Crippen molar-refractivity contribution in [2.24, 2.45) is 4.99 Å². The van der Waals surface area contributed by atoms with Gasteiger partial charge in [0.15, 0.2) is 5.96 Å². The van der Waals surface area contributed by atoms with Crippen molar-refractivity contribution in [3.8, 4) is 0 Å². The molecule has 0 unspecified atom stereocenters. The van der Waals surface area contributed by atoms with E-state index in [1.807, 2.05) is 20.0 Å². The summed E-state index contributed by atoms with van der Waals surface area (Å²) in [6.45, 7) is 6.57. The number of nitrogens with zero attached hydrogens (tertiary/aromatic N) is 2. The summed E-state index contributed by atoms with van der Waals surface area (Å²) < 4.78 is 24.3. The molecule has 1 aromatic rings. The van der Waals surface area contributed by atoms with Crippen LogP contribution >= 0.6 is 35.3 Å². The summed E-state index contributed by atoms with van der Waals surface area (Å²) in [4.78, 5) is 9.95. The number of aryl methyl sites for hydroxylation is 1. The third-order valence-electron chi connectivity index (χ3n) is 2.61. The number of hydrogen-bond acceptors (Lipinski definition) is 5. The first-order chi connectivity index (χ1) is 10.4. The van der Waals surface area contributed by atoms with E-state index in [9.17, 15) is 8.42 Å². The first-order valence-corrected chi connectivity index (χ1v) is 9.99. The second-order valence-electron chi connectivity index (χ2n) is 4.82. The van der Waals surface area contributed by atoms with Crippen molar-refractivity contribution in [1.82, 2.24) is 20.3 Å². The Balaban J connectivity index is 0.00000484. The van der Waals surface area contributed by atoms with Crippen LogP contribution < -0.4 is 15.4 Å². The lowest BCUT2D eigenvalue weighted by Crippen LogP contribution is -2.38. The predicted octanol–water partition coefficient (Wildman–Crippen LogP) is 1.11. The number of thiazole rings is 1. The molecule has 134 valence electrons. The number of guanidine groups is 1. The van der Waals surface area contributed by atoms with E-state index in [2.05, 4.69) is 25.3 Å². The Hall–Kier alpha value is -0.460. The molecule has 0 aromatic carbocycles. The average Bonchev–Trinajstić information content (AvgIpc) is 2.82. The lowest BCUT2D eigenvalue weighted by molar-refractivity contribution is 0.585. The average molecular weight is 475 g/mol. The molecular formula is C13H26IN5O2S2. The van der Waals surface area contributed by atoms with E-state index in [1.165, 1.54) is 4.88 Å². The second-order valence-corrected chi connectivity index (χ2v) is 7.97. The highest BCUT2D eigenvalue weighted by Gasteiger charge is 2.01. The fourth-order valence-corrected chi connectivity index (χ4v) is 2.98. The molecule has 23 heavy (non-hydrogen) atoms. The van der Waals surface area contributed by atoms with Crippen LogP contribution in [-0.2, 0) is 16.4 Å². The van der Waals surface area contributed by atoms with Gasteiger partial charge in [0.25, 0.3) is 0 Å². The molecule has 0 saturated heterocycles. The van der Waals surface area contributed by atoms with Crippen LogP contribution in [0.5, 0.6) is 0 Å². The molecule has 1 heterocycles. The van der Waals surface area contributed by atoms with Gasteiger partial charge in [-0.2, -0.15) is 0 Å². The number of rotatable bonds is 9. The highest BCUT2D eigenvalue weighted by atomic mass is 127.